The molecule has 0 aromatic rings. The zero-order valence-corrected chi connectivity index (χ0v) is 12.3. The second kappa shape index (κ2) is 5.30. The average molecular weight is 237 g/mol. The van der Waals surface area contributed by atoms with Crippen LogP contribution in [0.15, 0.2) is 0 Å². The highest BCUT2D eigenvalue weighted by Gasteiger charge is 2.51. The van der Waals surface area contributed by atoms with Crippen LogP contribution in [0.3, 0.4) is 0 Å². The molecule has 0 aromatic heterocycles. The summed E-state index contributed by atoms with van der Waals surface area (Å²) in [6.07, 6.45) is 7.49. The van der Waals surface area contributed by atoms with Crippen LogP contribution in [0.2, 0.25) is 0 Å². The van der Waals surface area contributed by atoms with Crippen molar-refractivity contribution in [2.24, 2.45) is 23.2 Å². The molecule has 2 fully saturated rings. The molecule has 1 aliphatic heterocycles. The topological polar surface area (TPSA) is 3.24 Å². The minimum atomic E-state index is 0.789. The number of hydrogen-bond acceptors (Lipinski definition) is 1. The Morgan fingerprint density at radius 1 is 1.06 bits per heavy atom. The standard InChI is InChI=1S/C16H31N/c1-13(2)6-5-7-15-8-16(9-15)11-17(12-16)10-14(3)4/h13-15H,5-12H2,1-4H3. The van der Waals surface area contributed by atoms with Gasteiger partial charge in [-0.15, -0.1) is 0 Å². The Hall–Kier alpha value is -0.0400. The van der Waals surface area contributed by atoms with Crippen LogP contribution in [0.1, 0.15) is 59.8 Å². The molecular formula is C16H31N. The highest BCUT2D eigenvalue weighted by molar-refractivity contribution is 5.03. The van der Waals surface area contributed by atoms with E-state index < -0.39 is 0 Å². The van der Waals surface area contributed by atoms with E-state index in [0.717, 1.165) is 23.2 Å². The van der Waals surface area contributed by atoms with E-state index >= 15 is 0 Å². The Bertz CT molecular complexity index is 230. The maximum absolute atomic E-state index is 2.66. The Labute approximate surface area is 108 Å². The van der Waals surface area contributed by atoms with Crippen molar-refractivity contribution in [2.45, 2.75) is 59.8 Å². The molecule has 1 heterocycles. The molecule has 0 N–H and O–H groups in total. The second-order valence-electron chi connectivity index (χ2n) is 7.66. The van der Waals surface area contributed by atoms with Crippen LogP contribution in [-0.4, -0.2) is 24.5 Å². The minimum Gasteiger partial charge on any atom is -0.302 e. The van der Waals surface area contributed by atoms with Crippen LogP contribution in [0.5, 0.6) is 0 Å². The summed E-state index contributed by atoms with van der Waals surface area (Å²) in [5, 5.41) is 0. The summed E-state index contributed by atoms with van der Waals surface area (Å²) in [6, 6.07) is 0. The monoisotopic (exact) mass is 237 g/mol. The quantitative estimate of drug-likeness (QED) is 0.670. The maximum Gasteiger partial charge on any atom is 0.00508 e. The highest BCUT2D eigenvalue weighted by Crippen LogP contribution is 2.53. The van der Waals surface area contributed by atoms with Crippen LogP contribution in [0.25, 0.3) is 0 Å². The molecule has 0 bridgehead atoms. The molecule has 1 aliphatic carbocycles. The minimum absolute atomic E-state index is 0.789. The second-order valence-corrected chi connectivity index (χ2v) is 7.66. The van der Waals surface area contributed by atoms with Crippen molar-refractivity contribution in [2.75, 3.05) is 19.6 Å². The van der Waals surface area contributed by atoms with E-state index in [0.29, 0.717) is 0 Å². The van der Waals surface area contributed by atoms with Gasteiger partial charge in [0.15, 0.2) is 0 Å². The van der Waals surface area contributed by atoms with Gasteiger partial charge >= 0.3 is 0 Å². The van der Waals surface area contributed by atoms with Gasteiger partial charge in [-0.2, -0.15) is 0 Å². The Balaban J connectivity index is 1.55. The molecule has 2 aliphatic rings. The smallest absolute Gasteiger partial charge is 0.00508 e. The Morgan fingerprint density at radius 3 is 2.24 bits per heavy atom. The highest BCUT2D eigenvalue weighted by atomic mass is 15.2. The van der Waals surface area contributed by atoms with Crippen LogP contribution < -0.4 is 0 Å². The summed E-state index contributed by atoms with van der Waals surface area (Å²) in [5.41, 5.74) is 0.789. The molecule has 1 saturated heterocycles. The van der Waals surface area contributed by atoms with Gasteiger partial charge < -0.3 is 4.90 Å². The molecule has 2 rings (SSSR count). The number of likely N-dealkylation sites (tertiary alicyclic amines) is 1. The van der Waals surface area contributed by atoms with Gasteiger partial charge in [-0.1, -0.05) is 47.0 Å². The van der Waals surface area contributed by atoms with E-state index in [1.165, 1.54) is 38.9 Å². The van der Waals surface area contributed by atoms with Crippen molar-refractivity contribution < 1.29 is 0 Å². The Morgan fingerprint density at radius 2 is 1.71 bits per heavy atom. The van der Waals surface area contributed by atoms with Gasteiger partial charge in [0.05, 0.1) is 0 Å². The molecule has 0 amide bonds. The van der Waals surface area contributed by atoms with Gasteiger partial charge in [0.1, 0.15) is 0 Å². The van der Waals surface area contributed by atoms with E-state index in [1.54, 1.807) is 12.8 Å². The third kappa shape index (κ3) is 3.47. The molecule has 100 valence electrons. The van der Waals surface area contributed by atoms with Crippen LogP contribution >= 0.6 is 0 Å². The lowest BCUT2D eigenvalue weighted by Crippen LogP contribution is -2.62. The fourth-order valence-corrected chi connectivity index (χ4v) is 3.99. The molecule has 1 saturated carbocycles. The van der Waals surface area contributed by atoms with Gasteiger partial charge in [-0.25, -0.2) is 0 Å². The fraction of sp³-hybridized carbons (Fsp3) is 1.00. The fourth-order valence-electron chi connectivity index (χ4n) is 3.99. The van der Waals surface area contributed by atoms with Crippen LogP contribution in [0, 0.1) is 23.2 Å². The van der Waals surface area contributed by atoms with Crippen molar-refractivity contribution in [3.8, 4) is 0 Å². The number of hydrogen-bond donors (Lipinski definition) is 0. The van der Waals surface area contributed by atoms with E-state index in [1.807, 2.05) is 0 Å². The molecule has 0 atom stereocenters. The molecule has 1 nitrogen and oxygen atoms in total. The molecule has 1 spiro atoms. The van der Waals surface area contributed by atoms with Crippen molar-refractivity contribution in [3.05, 3.63) is 0 Å². The van der Waals surface area contributed by atoms with Gasteiger partial charge in [-0.05, 0) is 36.0 Å². The molecule has 0 unspecified atom stereocenters. The van der Waals surface area contributed by atoms with E-state index in [4.69, 9.17) is 0 Å². The summed E-state index contributed by atoms with van der Waals surface area (Å²) in [5.74, 6) is 2.82. The first-order chi connectivity index (χ1) is 7.99. The van der Waals surface area contributed by atoms with Gasteiger partial charge in [-0.3, -0.25) is 0 Å². The lowest BCUT2D eigenvalue weighted by Gasteiger charge is -2.60. The lowest BCUT2D eigenvalue weighted by molar-refractivity contribution is -0.0999. The number of nitrogens with zero attached hydrogens (tertiary/aromatic N) is 1. The molecule has 0 aromatic carbocycles. The van der Waals surface area contributed by atoms with Gasteiger partial charge in [0.25, 0.3) is 0 Å². The zero-order valence-electron chi connectivity index (χ0n) is 12.3. The predicted octanol–water partition coefficient (Wildman–Crippen LogP) is 4.18. The van der Waals surface area contributed by atoms with Crippen molar-refractivity contribution in [1.29, 1.82) is 0 Å². The third-order valence-electron chi connectivity index (χ3n) is 4.58. The Kier molecular flexibility index (Phi) is 4.18. The first-order valence-corrected chi connectivity index (χ1v) is 7.71. The summed E-state index contributed by atoms with van der Waals surface area (Å²) >= 11 is 0. The van der Waals surface area contributed by atoms with Crippen LogP contribution in [0.4, 0.5) is 0 Å². The van der Waals surface area contributed by atoms with E-state index in [2.05, 4.69) is 32.6 Å². The molecular weight excluding hydrogens is 206 g/mol. The van der Waals surface area contributed by atoms with E-state index in [-0.39, 0.29) is 0 Å². The SMILES string of the molecule is CC(C)CCCC1CC2(C1)CN(CC(C)C)C2. The summed E-state index contributed by atoms with van der Waals surface area (Å²) in [7, 11) is 0. The van der Waals surface area contributed by atoms with Gasteiger partial charge in [0.2, 0.25) is 0 Å². The lowest BCUT2D eigenvalue weighted by atomic mass is 9.56. The molecule has 17 heavy (non-hydrogen) atoms. The molecule has 1 heteroatoms. The largest absolute Gasteiger partial charge is 0.302 e. The first-order valence-electron chi connectivity index (χ1n) is 7.71. The number of rotatable bonds is 6. The first kappa shape index (κ1) is 13.4. The van der Waals surface area contributed by atoms with Crippen LogP contribution in [-0.2, 0) is 0 Å². The summed E-state index contributed by atoms with van der Waals surface area (Å²) in [6.45, 7) is 13.5. The predicted molar refractivity (Wildman–Crippen MR) is 75.1 cm³/mol. The summed E-state index contributed by atoms with van der Waals surface area (Å²) < 4.78 is 0. The maximum atomic E-state index is 2.66. The van der Waals surface area contributed by atoms with Gasteiger partial charge in [0, 0.05) is 19.6 Å². The van der Waals surface area contributed by atoms with Crippen molar-refractivity contribution >= 4 is 0 Å². The molecule has 0 radical (unpaired) electrons. The van der Waals surface area contributed by atoms with Crippen molar-refractivity contribution in [1.82, 2.24) is 4.90 Å². The van der Waals surface area contributed by atoms with E-state index in [9.17, 15) is 0 Å². The third-order valence-corrected chi connectivity index (χ3v) is 4.58. The zero-order chi connectivity index (χ0) is 12.5. The normalized spacial score (nSPS) is 24.4. The summed E-state index contributed by atoms with van der Waals surface area (Å²) in [4.78, 5) is 2.66. The van der Waals surface area contributed by atoms with Crippen molar-refractivity contribution in [3.63, 3.8) is 0 Å². The average Bonchev–Trinajstić information content (AvgIpc) is 2.08.